The van der Waals surface area contributed by atoms with Crippen LogP contribution in [0.4, 0.5) is 0 Å². The summed E-state index contributed by atoms with van der Waals surface area (Å²) in [5, 5.41) is 3.70. The predicted molar refractivity (Wildman–Crippen MR) is 91.8 cm³/mol. The standard InChI is InChI=1S/C19H33NO/c1-8-12-20-17(18(21-9-2)19(5,6)7)16-11-10-14(3)15(4)13-16/h10-11,13,17-18,20H,8-9,12H2,1-7H3. The van der Waals surface area contributed by atoms with Crippen LogP contribution in [-0.2, 0) is 4.74 Å². The van der Waals surface area contributed by atoms with E-state index in [9.17, 15) is 0 Å². The topological polar surface area (TPSA) is 21.3 Å². The lowest BCUT2D eigenvalue weighted by molar-refractivity contribution is -0.0365. The normalized spacial score (nSPS) is 15.0. The number of rotatable bonds is 7. The molecule has 0 amide bonds. The van der Waals surface area contributed by atoms with Crippen molar-refractivity contribution < 1.29 is 4.74 Å². The minimum absolute atomic E-state index is 0.0974. The van der Waals surface area contributed by atoms with Gasteiger partial charge < -0.3 is 10.1 Å². The fourth-order valence-electron chi connectivity index (χ4n) is 2.68. The number of hydrogen-bond acceptors (Lipinski definition) is 2. The van der Waals surface area contributed by atoms with Gasteiger partial charge in [-0.05, 0) is 55.8 Å². The highest BCUT2D eigenvalue weighted by Gasteiger charge is 2.33. The quantitative estimate of drug-likeness (QED) is 0.779. The Labute approximate surface area is 131 Å². The van der Waals surface area contributed by atoms with Crippen molar-refractivity contribution in [3.05, 3.63) is 34.9 Å². The van der Waals surface area contributed by atoms with E-state index >= 15 is 0 Å². The van der Waals surface area contributed by atoms with Crippen molar-refractivity contribution in [3.8, 4) is 0 Å². The molecule has 0 spiro atoms. The van der Waals surface area contributed by atoms with E-state index in [2.05, 4.69) is 72.0 Å². The van der Waals surface area contributed by atoms with Gasteiger partial charge in [0.25, 0.3) is 0 Å². The van der Waals surface area contributed by atoms with Crippen molar-refractivity contribution in [1.82, 2.24) is 5.32 Å². The molecular weight excluding hydrogens is 258 g/mol. The van der Waals surface area contributed by atoms with E-state index in [-0.39, 0.29) is 17.6 Å². The van der Waals surface area contributed by atoms with Crippen LogP contribution in [0, 0.1) is 19.3 Å². The number of hydrogen-bond donors (Lipinski definition) is 1. The van der Waals surface area contributed by atoms with Gasteiger partial charge in [-0.1, -0.05) is 45.9 Å². The maximum atomic E-state index is 6.13. The summed E-state index contributed by atoms with van der Waals surface area (Å²) in [6.07, 6.45) is 1.29. The molecule has 0 bridgehead atoms. The molecule has 0 aliphatic rings. The monoisotopic (exact) mass is 291 g/mol. The third-order valence-corrected chi connectivity index (χ3v) is 4.01. The summed E-state index contributed by atoms with van der Waals surface area (Å²) in [5.41, 5.74) is 4.12. The maximum absolute atomic E-state index is 6.13. The summed E-state index contributed by atoms with van der Waals surface area (Å²) in [6, 6.07) is 7.01. The first-order valence-corrected chi connectivity index (χ1v) is 8.23. The molecule has 2 atom stereocenters. The van der Waals surface area contributed by atoms with Crippen molar-refractivity contribution in [2.75, 3.05) is 13.2 Å². The molecule has 2 nitrogen and oxygen atoms in total. The molecule has 120 valence electrons. The van der Waals surface area contributed by atoms with Gasteiger partial charge in [0.2, 0.25) is 0 Å². The fourth-order valence-corrected chi connectivity index (χ4v) is 2.68. The SMILES string of the molecule is CCCNC(c1ccc(C)c(C)c1)C(OCC)C(C)(C)C. The second kappa shape index (κ2) is 7.95. The molecule has 0 heterocycles. The van der Waals surface area contributed by atoms with Crippen molar-refractivity contribution in [1.29, 1.82) is 0 Å². The Bertz CT molecular complexity index is 434. The van der Waals surface area contributed by atoms with E-state index in [4.69, 9.17) is 4.74 Å². The highest BCUT2D eigenvalue weighted by molar-refractivity contribution is 5.32. The van der Waals surface area contributed by atoms with E-state index in [0.717, 1.165) is 19.6 Å². The van der Waals surface area contributed by atoms with E-state index in [1.54, 1.807) is 0 Å². The van der Waals surface area contributed by atoms with E-state index in [0.29, 0.717) is 0 Å². The van der Waals surface area contributed by atoms with Gasteiger partial charge in [0.1, 0.15) is 0 Å². The van der Waals surface area contributed by atoms with Gasteiger partial charge in [0.15, 0.2) is 0 Å². The molecule has 2 heteroatoms. The third kappa shape index (κ3) is 5.12. The van der Waals surface area contributed by atoms with Gasteiger partial charge in [0.05, 0.1) is 12.1 Å². The molecule has 0 saturated heterocycles. The van der Waals surface area contributed by atoms with Crippen LogP contribution in [0.3, 0.4) is 0 Å². The molecule has 0 radical (unpaired) electrons. The van der Waals surface area contributed by atoms with Crippen molar-refractivity contribution in [3.63, 3.8) is 0 Å². The number of nitrogens with one attached hydrogen (secondary N) is 1. The number of benzene rings is 1. The zero-order valence-electron chi connectivity index (χ0n) is 14.9. The van der Waals surface area contributed by atoms with Crippen LogP contribution in [0.15, 0.2) is 18.2 Å². The fraction of sp³-hybridized carbons (Fsp3) is 0.684. The molecule has 1 rings (SSSR count). The smallest absolute Gasteiger partial charge is 0.0817 e. The summed E-state index contributed by atoms with van der Waals surface area (Å²) in [7, 11) is 0. The summed E-state index contributed by atoms with van der Waals surface area (Å²) < 4.78 is 6.13. The lowest BCUT2D eigenvalue weighted by Crippen LogP contribution is -2.42. The molecule has 1 aromatic rings. The van der Waals surface area contributed by atoms with Crippen LogP contribution in [0.25, 0.3) is 0 Å². The van der Waals surface area contributed by atoms with Crippen molar-refractivity contribution in [2.24, 2.45) is 5.41 Å². The van der Waals surface area contributed by atoms with Gasteiger partial charge in [-0.25, -0.2) is 0 Å². The van der Waals surface area contributed by atoms with Gasteiger partial charge >= 0.3 is 0 Å². The van der Waals surface area contributed by atoms with E-state index in [1.165, 1.54) is 16.7 Å². The van der Waals surface area contributed by atoms with Gasteiger partial charge in [0, 0.05) is 6.61 Å². The lowest BCUT2D eigenvalue weighted by Gasteiger charge is -2.38. The summed E-state index contributed by atoms with van der Waals surface area (Å²) in [6.45, 7) is 17.2. The molecule has 0 aromatic heterocycles. The van der Waals surface area contributed by atoms with Crippen LogP contribution in [-0.4, -0.2) is 19.3 Å². The second-order valence-corrected chi connectivity index (χ2v) is 7.02. The largest absolute Gasteiger partial charge is 0.376 e. The molecule has 0 aliphatic heterocycles. The Morgan fingerprint density at radius 2 is 1.76 bits per heavy atom. The third-order valence-electron chi connectivity index (χ3n) is 4.01. The first kappa shape index (κ1) is 18.2. The van der Waals surface area contributed by atoms with Crippen LogP contribution >= 0.6 is 0 Å². The predicted octanol–water partition coefficient (Wildman–Crippen LogP) is 4.80. The molecule has 0 fully saturated rings. The van der Waals surface area contributed by atoms with Gasteiger partial charge in [-0.15, -0.1) is 0 Å². The Hall–Kier alpha value is -0.860. The highest BCUT2D eigenvalue weighted by Crippen LogP contribution is 2.33. The molecule has 21 heavy (non-hydrogen) atoms. The minimum atomic E-state index is 0.0974. The van der Waals surface area contributed by atoms with Gasteiger partial charge in [-0.2, -0.15) is 0 Å². The summed E-state index contributed by atoms with van der Waals surface area (Å²) in [5.74, 6) is 0. The van der Waals surface area contributed by atoms with Gasteiger partial charge in [-0.3, -0.25) is 0 Å². The Balaban J connectivity index is 3.15. The molecule has 2 unspecified atom stereocenters. The first-order valence-electron chi connectivity index (χ1n) is 8.23. The Morgan fingerprint density at radius 1 is 1.10 bits per heavy atom. The zero-order chi connectivity index (χ0) is 16.0. The second-order valence-electron chi connectivity index (χ2n) is 7.02. The summed E-state index contributed by atoms with van der Waals surface area (Å²) in [4.78, 5) is 0. The van der Waals surface area contributed by atoms with Crippen molar-refractivity contribution >= 4 is 0 Å². The Morgan fingerprint density at radius 3 is 2.24 bits per heavy atom. The molecule has 1 aromatic carbocycles. The minimum Gasteiger partial charge on any atom is -0.376 e. The molecule has 1 N–H and O–H groups in total. The number of ether oxygens (including phenoxy) is 1. The Kier molecular flexibility index (Phi) is 6.89. The van der Waals surface area contributed by atoms with Crippen molar-refractivity contribution in [2.45, 2.75) is 67.0 Å². The van der Waals surface area contributed by atoms with E-state index < -0.39 is 0 Å². The summed E-state index contributed by atoms with van der Waals surface area (Å²) >= 11 is 0. The number of aryl methyl sites for hydroxylation is 2. The molecule has 0 saturated carbocycles. The average Bonchev–Trinajstić information content (AvgIpc) is 2.40. The zero-order valence-corrected chi connectivity index (χ0v) is 14.9. The molecule has 0 aliphatic carbocycles. The first-order chi connectivity index (χ1) is 9.81. The van der Waals surface area contributed by atoms with Crippen LogP contribution in [0.5, 0.6) is 0 Å². The van der Waals surface area contributed by atoms with E-state index in [1.807, 2.05) is 0 Å². The van der Waals surface area contributed by atoms with Crippen LogP contribution < -0.4 is 5.32 Å². The maximum Gasteiger partial charge on any atom is 0.0817 e. The van der Waals surface area contributed by atoms with Crippen LogP contribution in [0.1, 0.15) is 63.8 Å². The highest BCUT2D eigenvalue weighted by atomic mass is 16.5. The molecular formula is C19H33NO. The van der Waals surface area contributed by atoms with Crippen LogP contribution in [0.2, 0.25) is 0 Å². The lowest BCUT2D eigenvalue weighted by atomic mass is 9.81. The average molecular weight is 291 g/mol.